The SMILES string of the molecule is CC(O)c1cccc(OCc2cc(F)cc3cccnc23)c1. The summed E-state index contributed by atoms with van der Waals surface area (Å²) < 4.78 is 19.4. The minimum Gasteiger partial charge on any atom is -0.489 e. The van der Waals surface area contributed by atoms with Gasteiger partial charge in [-0.3, -0.25) is 4.98 Å². The molecule has 0 saturated carbocycles. The van der Waals surface area contributed by atoms with Gasteiger partial charge in [-0.1, -0.05) is 18.2 Å². The molecule has 0 aliphatic rings. The molecule has 3 aromatic rings. The smallest absolute Gasteiger partial charge is 0.124 e. The second-order valence-electron chi connectivity index (χ2n) is 5.18. The van der Waals surface area contributed by atoms with Gasteiger partial charge in [0.2, 0.25) is 0 Å². The van der Waals surface area contributed by atoms with Crippen molar-refractivity contribution < 1.29 is 14.2 Å². The fourth-order valence-electron chi connectivity index (χ4n) is 2.36. The van der Waals surface area contributed by atoms with Crippen LogP contribution in [0.5, 0.6) is 5.75 Å². The molecule has 3 nitrogen and oxygen atoms in total. The topological polar surface area (TPSA) is 42.4 Å². The highest BCUT2D eigenvalue weighted by atomic mass is 19.1. The Bertz CT molecular complexity index is 802. The molecule has 1 unspecified atom stereocenters. The molecular weight excluding hydrogens is 281 g/mol. The Kier molecular flexibility index (Phi) is 4.02. The summed E-state index contributed by atoms with van der Waals surface area (Å²) in [6.07, 6.45) is 1.12. The highest BCUT2D eigenvalue weighted by Crippen LogP contribution is 2.22. The zero-order valence-corrected chi connectivity index (χ0v) is 12.2. The van der Waals surface area contributed by atoms with Crippen molar-refractivity contribution in [2.45, 2.75) is 19.6 Å². The predicted octanol–water partition coefficient (Wildman–Crippen LogP) is 4.01. The lowest BCUT2D eigenvalue weighted by Crippen LogP contribution is -1.99. The van der Waals surface area contributed by atoms with Crippen molar-refractivity contribution in [1.29, 1.82) is 0 Å². The number of pyridine rings is 1. The van der Waals surface area contributed by atoms with Crippen LogP contribution < -0.4 is 4.74 Å². The molecule has 22 heavy (non-hydrogen) atoms. The van der Waals surface area contributed by atoms with Crippen LogP contribution in [-0.2, 0) is 6.61 Å². The van der Waals surface area contributed by atoms with E-state index in [1.807, 2.05) is 18.2 Å². The molecule has 2 aromatic carbocycles. The number of halogens is 1. The van der Waals surface area contributed by atoms with Crippen LogP contribution >= 0.6 is 0 Å². The summed E-state index contributed by atoms with van der Waals surface area (Å²) in [6, 6.07) is 13.7. The quantitative estimate of drug-likeness (QED) is 0.791. The van der Waals surface area contributed by atoms with Crippen molar-refractivity contribution in [1.82, 2.24) is 4.98 Å². The molecule has 112 valence electrons. The molecule has 1 aromatic heterocycles. The maximum Gasteiger partial charge on any atom is 0.124 e. The standard InChI is InChI=1S/C18H16FNO2/c1-12(21)13-4-2-6-17(10-13)22-11-15-9-16(19)8-14-5-3-7-20-18(14)15/h2-10,12,21H,11H2,1H3. The lowest BCUT2D eigenvalue weighted by Gasteiger charge is -2.11. The van der Waals surface area contributed by atoms with Gasteiger partial charge in [-0.25, -0.2) is 4.39 Å². The highest BCUT2D eigenvalue weighted by Gasteiger charge is 2.07. The molecule has 0 amide bonds. The van der Waals surface area contributed by atoms with E-state index in [1.54, 1.807) is 31.3 Å². The van der Waals surface area contributed by atoms with E-state index in [-0.39, 0.29) is 12.4 Å². The molecule has 4 heteroatoms. The zero-order chi connectivity index (χ0) is 15.5. The maximum atomic E-state index is 13.7. The molecule has 1 N–H and O–H groups in total. The second kappa shape index (κ2) is 6.12. The third-order valence-electron chi connectivity index (χ3n) is 3.48. The molecule has 0 radical (unpaired) electrons. The van der Waals surface area contributed by atoms with Crippen molar-refractivity contribution in [2.24, 2.45) is 0 Å². The molecule has 0 saturated heterocycles. The summed E-state index contributed by atoms with van der Waals surface area (Å²) >= 11 is 0. The van der Waals surface area contributed by atoms with E-state index in [9.17, 15) is 9.50 Å². The van der Waals surface area contributed by atoms with Crippen LogP contribution in [-0.4, -0.2) is 10.1 Å². The number of aliphatic hydroxyl groups excluding tert-OH is 1. The van der Waals surface area contributed by atoms with Gasteiger partial charge in [-0.05, 0) is 42.8 Å². The Hall–Kier alpha value is -2.46. The number of aromatic nitrogens is 1. The Labute approximate surface area is 128 Å². The largest absolute Gasteiger partial charge is 0.489 e. The number of hydrogen-bond acceptors (Lipinski definition) is 3. The number of fused-ring (bicyclic) bond motifs is 1. The lowest BCUT2D eigenvalue weighted by atomic mass is 10.1. The van der Waals surface area contributed by atoms with Gasteiger partial charge in [0.05, 0.1) is 11.6 Å². The first-order valence-electron chi connectivity index (χ1n) is 7.07. The summed E-state index contributed by atoms with van der Waals surface area (Å²) in [5, 5.41) is 10.3. The van der Waals surface area contributed by atoms with Gasteiger partial charge in [0.25, 0.3) is 0 Å². The Morgan fingerprint density at radius 3 is 2.86 bits per heavy atom. The van der Waals surface area contributed by atoms with Gasteiger partial charge in [0.15, 0.2) is 0 Å². The van der Waals surface area contributed by atoms with Crippen LogP contribution in [0.15, 0.2) is 54.7 Å². The monoisotopic (exact) mass is 297 g/mol. The van der Waals surface area contributed by atoms with E-state index in [1.165, 1.54) is 12.1 Å². The molecular formula is C18H16FNO2. The summed E-state index contributed by atoms with van der Waals surface area (Å²) in [6.45, 7) is 1.91. The van der Waals surface area contributed by atoms with Gasteiger partial charge in [0.1, 0.15) is 18.2 Å². The van der Waals surface area contributed by atoms with Crippen LogP contribution in [0.25, 0.3) is 10.9 Å². The average Bonchev–Trinajstić information content (AvgIpc) is 2.52. The first kappa shape index (κ1) is 14.5. The van der Waals surface area contributed by atoms with Crippen molar-refractivity contribution in [3.8, 4) is 5.75 Å². The molecule has 0 aliphatic carbocycles. The molecule has 1 heterocycles. The number of nitrogens with zero attached hydrogens (tertiary/aromatic N) is 1. The molecule has 0 aliphatic heterocycles. The zero-order valence-electron chi connectivity index (χ0n) is 12.2. The van der Waals surface area contributed by atoms with Crippen LogP contribution in [0.4, 0.5) is 4.39 Å². The molecule has 1 atom stereocenters. The maximum absolute atomic E-state index is 13.7. The van der Waals surface area contributed by atoms with E-state index < -0.39 is 6.10 Å². The van der Waals surface area contributed by atoms with Crippen LogP contribution in [0.2, 0.25) is 0 Å². The van der Waals surface area contributed by atoms with Crippen molar-refractivity contribution in [2.75, 3.05) is 0 Å². The molecule has 3 rings (SSSR count). The average molecular weight is 297 g/mol. The first-order valence-corrected chi connectivity index (χ1v) is 7.07. The summed E-state index contributed by atoms with van der Waals surface area (Å²) in [5.41, 5.74) is 2.20. The first-order chi connectivity index (χ1) is 10.6. The summed E-state index contributed by atoms with van der Waals surface area (Å²) in [4.78, 5) is 4.29. The van der Waals surface area contributed by atoms with E-state index in [0.29, 0.717) is 11.3 Å². The minimum absolute atomic E-state index is 0.217. The predicted molar refractivity (Wildman–Crippen MR) is 83.1 cm³/mol. The van der Waals surface area contributed by atoms with Crippen LogP contribution in [0.3, 0.4) is 0 Å². The second-order valence-corrected chi connectivity index (χ2v) is 5.18. The number of hydrogen-bond donors (Lipinski definition) is 1. The Morgan fingerprint density at radius 2 is 2.05 bits per heavy atom. The minimum atomic E-state index is -0.555. The Balaban J connectivity index is 1.86. The number of benzene rings is 2. The Morgan fingerprint density at radius 1 is 1.18 bits per heavy atom. The number of ether oxygens (including phenoxy) is 1. The van der Waals surface area contributed by atoms with Gasteiger partial charge < -0.3 is 9.84 Å². The number of aliphatic hydroxyl groups is 1. The van der Waals surface area contributed by atoms with Gasteiger partial charge in [0, 0.05) is 17.1 Å². The third kappa shape index (κ3) is 3.07. The summed E-state index contributed by atoms with van der Waals surface area (Å²) in [5.74, 6) is 0.323. The molecule has 0 spiro atoms. The fourth-order valence-corrected chi connectivity index (χ4v) is 2.36. The van der Waals surface area contributed by atoms with Crippen LogP contribution in [0, 0.1) is 5.82 Å². The number of rotatable bonds is 4. The van der Waals surface area contributed by atoms with E-state index >= 15 is 0 Å². The van der Waals surface area contributed by atoms with Gasteiger partial charge in [-0.2, -0.15) is 0 Å². The van der Waals surface area contributed by atoms with E-state index in [0.717, 1.165) is 16.5 Å². The third-order valence-corrected chi connectivity index (χ3v) is 3.48. The van der Waals surface area contributed by atoms with Gasteiger partial charge in [-0.15, -0.1) is 0 Å². The van der Waals surface area contributed by atoms with Crippen LogP contribution in [0.1, 0.15) is 24.2 Å². The van der Waals surface area contributed by atoms with Crippen molar-refractivity contribution in [3.63, 3.8) is 0 Å². The van der Waals surface area contributed by atoms with Crippen molar-refractivity contribution in [3.05, 3.63) is 71.7 Å². The molecule has 0 fully saturated rings. The van der Waals surface area contributed by atoms with Gasteiger partial charge >= 0.3 is 0 Å². The van der Waals surface area contributed by atoms with Crippen molar-refractivity contribution >= 4 is 10.9 Å². The molecule has 0 bridgehead atoms. The lowest BCUT2D eigenvalue weighted by molar-refractivity contribution is 0.198. The fraction of sp³-hybridized carbons (Fsp3) is 0.167. The summed E-state index contributed by atoms with van der Waals surface area (Å²) in [7, 11) is 0. The normalized spacial score (nSPS) is 12.3. The van der Waals surface area contributed by atoms with E-state index in [4.69, 9.17) is 4.74 Å². The highest BCUT2D eigenvalue weighted by molar-refractivity contribution is 5.81. The van der Waals surface area contributed by atoms with E-state index in [2.05, 4.69) is 4.98 Å².